The van der Waals surface area contributed by atoms with Crippen LogP contribution >= 0.6 is 0 Å². The Hall–Kier alpha value is -3.28. The number of carbonyl (C=O) groups excluding carboxylic acids is 2. The van der Waals surface area contributed by atoms with Gasteiger partial charge in [0.25, 0.3) is 5.91 Å². The second-order valence-electron chi connectivity index (χ2n) is 6.59. The molecule has 0 aliphatic carbocycles. The fourth-order valence-corrected chi connectivity index (χ4v) is 2.87. The van der Waals surface area contributed by atoms with Crippen LogP contribution in [0.5, 0.6) is 5.75 Å². The number of hydrogen-bond donors (Lipinski definition) is 2. The van der Waals surface area contributed by atoms with Gasteiger partial charge in [0, 0.05) is 10.9 Å². The highest BCUT2D eigenvalue weighted by molar-refractivity contribution is 5.96. The molecular formula is C22H24N2O4. The molecule has 3 aromatic rings. The second kappa shape index (κ2) is 8.61. The van der Waals surface area contributed by atoms with Crippen molar-refractivity contribution in [3.05, 3.63) is 65.4 Å². The van der Waals surface area contributed by atoms with E-state index in [1.807, 2.05) is 57.2 Å². The Labute approximate surface area is 163 Å². The smallest absolute Gasteiger partial charge is 0.251 e. The van der Waals surface area contributed by atoms with E-state index >= 15 is 0 Å². The average molecular weight is 380 g/mol. The number of carbonyl (C=O) groups is 2. The molecule has 0 unspecified atom stereocenters. The van der Waals surface area contributed by atoms with Crippen LogP contribution in [0.3, 0.4) is 0 Å². The van der Waals surface area contributed by atoms with E-state index in [9.17, 15) is 9.59 Å². The zero-order valence-corrected chi connectivity index (χ0v) is 16.2. The van der Waals surface area contributed by atoms with Gasteiger partial charge in [0.05, 0.1) is 19.2 Å². The molecule has 6 heteroatoms. The molecule has 0 fully saturated rings. The lowest BCUT2D eigenvalue weighted by atomic mass is 10.1. The molecule has 1 atom stereocenters. The minimum absolute atomic E-state index is 0.110. The van der Waals surface area contributed by atoms with Crippen molar-refractivity contribution in [2.75, 3.05) is 13.2 Å². The number of aryl methyl sites for hydroxylation is 1. The van der Waals surface area contributed by atoms with Gasteiger partial charge in [-0.1, -0.05) is 29.8 Å². The van der Waals surface area contributed by atoms with Gasteiger partial charge in [0.1, 0.15) is 5.76 Å². The van der Waals surface area contributed by atoms with Crippen molar-refractivity contribution in [3.63, 3.8) is 0 Å². The van der Waals surface area contributed by atoms with Gasteiger partial charge < -0.3 is 19.8 Å². The van der Waals surface area contributed by atoms with Gasteiger partial charge in [0.15, 0.2) is 11.3 Å². The number of nitrogens with one attached hydrogen (secondary N) is 2. The summed E-state index contributed by atoms with van der Waals surface area (Å²) in [5.41, 5.74) is 2.25. The van der Waals surface area contributed by atoms with Gasteiger partial charge in [-0.2, -0.15) is 0 Å². The molecule has 0 spiro atoms. The molecule has 0 aliphatic heterocycles. The highest BCUT2D eigenvalue weighted by Crippen LogP contribution is 2.31. The Balaban J connectivity index is 1.59. The summed E-state index contributed by atoms with van der Waals surface area (Å²) in [6.45, 7) is 6.13. The molecular weight excluding hydrogens is 356 g/mol. The van der Waals surface area contributed by atoms with E-state index in [0.717, 1.165) is 10.9 Å². The fourth-order valence-electron chi connectivity index (χ4n) is 2.87. The predicted molar refractivity (Wildman–Crippen MR) is 107 cm³/mol. The molecule has 0 radical (unpaired) electrons. The Bertz CT molecular complexity index is 976. The zero-order valence-electron chi connectivity index (χ0n) is 16.2. The summed E-state index contributed by atoms with van der Waals surface area (Å²) in [6.07, 6.45) is 0. The van der Waals surface area contributed by atoms with Gasteiger partial charge >= 0.3 is 0 Å². The molecule has 146 valence electrons. The van der Waals surface area contributed by atoms with Crippen molar-refractivity contribution in [1.82, 2.24) is 10.6 Å². The number of amides is 2. The maximum atomic E-state index is 12.2. The number of fused-ring (bicyclic) bond motifs is 1. The van der Waals surface area contributed by atoms with Crippen LogP contribution in [0.25, 0.3) is 11.0 Å². The van der Waals surface area contributed by atoms with Gasteiger partial charge in [-0.15, -0.1) is 0 Å². The summed E-state index contributed by atoms with van der Waals surface area (Å²) in [5, 5.41) is 6.37. The van der Waals surface area contributed by atoms with Crippen LogP contribution in [0.1, 0.15) is 41.6 Å². The first kappa shape index (κ1) is 19.5. The third-order valence-corrected chi connectivity index (χ3v) is 4.35. The summed E-state index contributed by atoms with van der Waals surface area (Å²) in [6, 6.07) is 14.4. The maximum Gasteiger partial charge on any atom is 0.251 e. The first-order chi connectivity index (χ1) is 13.5. The first-order valence-corrected chi connectivity index (χ1v) is 9.27. The lowest BCUT2D eigenvalue weighted by Gasteiger charge is -2.12. The van der Waals surface area contributed by atoms with Crippen LogP contribution in [0.4, 0.5) is 0 Å². The minimum Gasteiger partial charge on any atom is -0.490 e. The lowest BCUT2D eigenvalue weighted by Crippen LogP contribution is -2.37. The monoisotopic (exact) mass is 380 g/mol. The molecule has 1 aromatic heterocycles. The summed E-state index contributed by atoms with van der Waals surface area (Å²) >= 11 is 0. The van der Waals surface area contributed by atoms with Crippen molar-refractivity contribution < 1.29 is 18.7 Å². The predicted octanol–water partition coefficient (Wildman–Crippen LogP) is 3.75. The van der Waals surface area contributed by atoms with Gasteiger partial charge in [-0.3, -0.25) is 9.59 Å². The van der Waals surface area contributed by atoms with E-state index in [1.54, 1.807) is 12.1 Å². The largest absolute Gasteiger partial charge is 0.490 e. The summed E-state index contributed by atoms with van der Waals surface area (Å²) < 4.78 is 11.5. The van der Waals surface area contributed by atoms with Crippen LogP contribution in [-0.2, 0) is 4.79 Å². The van der Waals surface area contributed by atoms with E-state index in [1.165, 1.54) is 0 Å². The van der Waals surface area contributed by atoms with Crippen molar-refractivity contribution in [1.29, 1.82) is 0 Å². The first-order valence-electron chi connectivity index (χ1n) is 9.27. The fraction of sp³-hybridized carbons (Fsp3) is 0.273. The van der Waals surface area contributed by atoms with Crippen LogP contribution in [-0.4, -0.2) is 25.0 Å². The molecule has 0 saturated heterocycles. The van der Waals surface area contributed by atoms with E-state index in [4.69, 9.17) is 9.15 Å². The van der Waals surface area contributed by atoms with E-state index in [2.05, 4.69) is 10.6 Å². The van der Waals surface area contributed by atoms with Crippen LogP contribution in [0.2, 0.25) is 0 Å². The lowest BCUT2D eigenvalue weighted by molar-refractivity contribution is -0.120. The molecule has 2 N–H and O–H groups in total. The Morgan fingerprint density at radius 3 is 2.61 bits per heavy atom. The van der Waals surface area contributed by atoms with Gasteiger partial charge in [-0.25, -0.2) is 0 Å². The number of rotatable bonds is 7. The molecule has 2 aromatic carbocycles. The molecule has 0 bridgehead atoms. The Morgan fingerprint density at radius 1 is 1.14 bits per heavy atom. The minimum atomic E-state index is -0.342. The van der Waals surface area contributed by atoms with Gasteiger partial charge in [-0.05, 0) is 45.0 Å². The molecule has 1 heterocycles. The van der Waals surface area contributed by atoms with Crippen LogP contribution in [0.15, 0.2) is 52.9 Å². The molecule has 3 rings (SSSR count). The molecule has 0 aliphatic rings. The van der Waals surface area contributed by atoms with E-state index in [-0.39, 0.29) is 24.4 Å². The molecule has 6 nitrogen and oxygen atoms in total. The van der Waals surface area contributed by atoms with E-state index in [0.29, 0.717) is 29.3 Å². The van der Waals surface area contributed by atoms with Crippen molar-refractivity contribution in [2.24, 2.45) is 0 Å². The Morgan fingerprint density at radius 2 is 1.89 bits per heavy atom. The number of hydrogen-bond acceptors (Lipinski definition) is 4. The topological polar surface area (TPSA) is 80.6 Å². The standard InChI is InChI=1S/C22H24N2O4/c1-4-27-18-7-5-6-17-12-19(28-21(17)18)15(3)24-20(25)13-23-22(26)16-10-8-14(2)9-11-16/h5-12,15H,4,13H2,1-3H3,(H,23,26)(H,24,25)/t15-/m1/s1. The molecule has 2 amide bonds. The molecule has 28 heavy (non-hydrogen) atoms. The van der Waals surface area contributed by atoms with Gasteiger partial charge in [0.2, 0.25) is 5.91 Å². The van der Waals surface area contributed by atoms with Crippen molar-refractivity contribution in [3.8, 4) is 5.75 Å². The quantitative estimate of drug-likeness (QED) is 0.654. The third kappa shape index (κ3) is 4.52. The number of para-hydroxylation sites is 1. The highest BCUT2D eigenvalue weighted by Gasteiger charge is 2.17. The van der Waals surface area contributed by atoms with Crippen molar-refractivity contribution in [2.45, 2.75) is 26.8 Å². The highest BCUT2D eigenvalue weighted by atomic mass is 16.5. The van der Waals surface area contributed by atoms with Crippen LogP contribution < -0.4 is 15.4 Å². The number of furan rings is 1. The molecule has 0 saturated carbocycles. The van der Waals surface area contributed by atoms with E-state index < -0.39 is 0 Å². The SMILES string of the molecule is CCOc1cccc2cc([C@@H](C)NC(=O)CNC(=O)c3ccc(C)cc3)oc12. The zero-order chi connectivity index (χ0) is 20.1. The maximum absolute atomic E-state index is 12.2. The second-order valence-corrected chi connectivity index (χ2v) is 6.59. The normalized spacial score (nSPS) is 11.8. The van der Waals surface area contributed by atoms with Crippen molar-refractivity contribution >= 4 is 22.8 Å². The third-order valence-electron chi connectivity index (χ3n) is 4.35. The summed E-state index contributed by atoms with van der Waals surface area (Å²) in [7, 11) is 0. The summed E-state index contributed by atoms with van der Waals surface area (Å²) in [4.78, 5) is 24.3. The summed E-state index contributed by atoms with van der Waals surface area (Å²) in [5.74, 6) is 0.724. The van der Waals surface area contributed by atoms with Crippen LogP contribution in [0, 0.1) is 6.92 Å². The average Bonchev–Trinajstić information content (AvgIpc) is 3.12. The number of benzene rings is 2. The Kier molecular flexibility index (Phi) is 5.99. The number of ether oxygens (including phenoxy) is 1.